The lowest BCUT2D eigenvalue weighted by molar-refractivity contribution is -0.127. The summed E-state index contributed by atoms with van der Waals surface area (Å²) in [6, 6.07) is 16.8. The van der Waals surface area contributed by atoms with Gasteiger partial charge in [0, 0.05) is 31.1 Å². The van der Waals surface area contributed by atoms with Crippen molar-refractivity contribution in [3.63, 3.8) is 0 Å². The van der Waals surface area contributed by atoms with Crippen LogP contribution in [0, 0.1) is 0 Å². The van der Waals surface area contributed by atoms with Gasteiger partial charge in [-0.1, -0.05) is 54.6 Å². The third-order valence-corrected chi connectivity index (χ3v) is 6.17. The minimum atomic E-state index is -0.774. The van der Waals surface area contributed by atoms with E-state index in [1.54, 1.807) is 9.80 Å². The molecule has 2 aromatic carbocycles. The third-order valence-electron chi connectivity index (χ3n) is 6.17. The van der Waals surface area contributed by atoms with Crippen molar-refractivity contribution < 1.29 is 14.4 Å². The molecule has 2 atom stereocenters. The zero-order valence-corrected chi connectivity index (χ0v) is 15.6. The van der Waals surface area contributed by atoms with Gasteiger partial charge in [0.2, 0.25) is 11.8 Å². The summed E-state index contributed by atoms with van der Waals surface area (Å²) < 4.78 is 0. The maximum absolute atomic E-state index is 13.1. The minimum Gasteiger partial charge on any atom is -0.311 e. The standard InChI is InChI=1S/C23H20N2O3/c1-15(26)25-18-10-6-5-9-17(18)23-13-21(28)24(14-16-7-3-2-4-8-16)20(23)12-11-19(27)22(23)25/h2-10,12,22H,11,13-14H2,1H3/t22-,23-/m0/s1. The van der Waals surface area contributed by atoms with Gasteiger partial charge in [-0.25, -0.2) is 0 Å². The predicted octanol–water partition coefficient (Wildman–Crippen LogP) is 2.95. The van der Waals surface area contributed by atoms with Gasteiger partial charge < -0.3 is 9.80 Å². The molecule has 2 aromatic rings. The summed E-state index contributed by atoms with van der Waals surface area (Å²) >= 11 is 0. The summed E-state index contributed by atoms with van der Waals surface area (Å²) in [5.74, 6) is -0.183. The monoisotopic (exact) mass is 372 g/mol. The number of amides is 2. The Morgan fingerprint density at radius 1 is 1.07 bits per heavy atom. The van der Waals surface area contributed by atoms with E-state index in [1.165, 1.54) is 6.92 Å². The molecule has 140 valence electrons. The molecule has 0 N–H and O–H groups in total. The number of allylic oxidation sites excluding steroid dienone is 1. The van der Waals surface area contributed by atoms with E-state index in [2.05, 4.69) is 0 Å². The van der Waals surface area contributed by atoms with Gasteiger partial charge in [0.25, 0.3) is 0 Å². The topological polar surface area (TPSA) is 57.7 Å². The molecule has 28 heavy (non-hydrogen) atoms. The van der Waals surface area contributed by atoms with Crippen molar-refractivity contribution in [1.29, 1.82) is 0 Å². The van der Waals surface area contributed by atoms with E-state index >= 15 is 0 Å². The Morgan fingerprint density at radius 3 is 2.54 bits per heavy atom. The fraction of sp³-hybridized carbons (Fsp3) is 0.261. The molecule has 3 aliphatic rings. The van der Waals surface area contributed by atoms with Crippen LogP contribution in [0.15, 0.2) is 66.4 Å². The van der Waals surface area contributed by atoms with Crippen molar-refractivity contribution in [2.24, 2.45) is 0 Å². The molecule has 0 aromatic heterocycles. The number of nitrogens with zero attached hydrogens (tertiary/aromatic N) is 2. The van der Waals surface area contributed by atoms with E-state index in [-0.39, 0.29) is 30.4 Å². The first-order chi connectivity index (χ1) is 13.5. The highest BCUT2D eigenvalue weighted by Crippen LogP contribution is 2.58. The Bertz CT molecular complexity index is 1040. The lowest BCUT2D eigenvalue weighted by atomic mass is 9.68. The molecule has 1 saturated heterocycles. The summed E-state index contributed by atoms with van der Waals surface area (Å²) in [6.45, 7) is 1.95. The van der Waals surface area contributed by atoms with E-state index in [4.69, 9.17) is 0 Å². The quantitative estimate of drug-likeness (QED) is 0.814. The second-order valence-electron chi connectivity index (χ2n) is 7.68. The molecule has 0 unspecified atom stereocenters. The molecule has 1 fully saturated rings. The molecule has 2 heterocycles. The van der Waals surface area contributed by atoms with Crippen LogP contribution in [-0.2, 0) is 26.3 Å². The van der Waals surface area contributed by atoms with Crippen molar-refractivity contribution in [3.8, 4) is 0 Å². The molecule has 0 saturated carbocycles. The van der Waals surface area contributed by atoms with Crippen LogP contribution in [0.3, 0.4) is 0 Å². The largest absolute Gasteiger partial charge is 0.311 e. The number of carbonyl (C=O) groups excluding carboxylic acids is 3. The Kier molecular flexibility index (Phi) is 3.56. The fourth-order valence-electron chi connectivity index (χ4n) is 5.15. The number of fused-ring (bicyclic) bond motifs is 1. The molecular weight excluding hydrogens is 352 g/mol. The van der Waals surface area contributed by atoms with Gasteiger partial charge in [-0.15, -0.1) is 0 Å². The highest BCUT2D eigenvalue weighted by molar-refractivity contribution is 6.08. The number of anilines is 1. The van der Waals surface area contributed by atoms with Gasteiger partial charge in [-0.05, 0) is 17.2 Å². The maximum atomic E-state index is 13.1. The number of hydrogen-bond donors (Lipinski definition) is 0. The van der Waals surface area contributed by atoms with Gasteiger partial charge in [0.05, 0.1) is 12.0 Å². The molecule has 5 rings (SSSR count). The lowest BCUT2D eigenvalue weighted by Gasteiger charge is -2.38. The van der Waals surface area contributed by atoms with E-state index in [9.17, 15) is 14.4 Å². The van der Waals surface area contributed by atoms with Crippen LogP contribution >= 0.6 is 0 Å². The number of rotatable bonds is 2. The number of ketones is 1. The minimum absolute atomic E-state index is 0.00462. The highest BCUT2D eigenvalue weighted by Gasteiger charge is 2.64. The van der Waals surface area contributed by atoms with Crippen LogP contribution in [0.5, 0.6) is 0 Å². The van der Waals surface area contributed by atoms with Crippen LogP contribution < -0.4 is 4.90 Å². The molecule has 2 aliphatic heterocycles. The van der Waals surface area contributed by atoms with Crippen LogP contribution in [0.25, 0.3) is 0 Å². The summed E-state index contributed by atoms with van der Waals surface area (Å²) in [7, 11) is 0. The van der Waals surface area contributed by atoms with Crippen molar-refractivity contribution >= 4 is 23.3 Å². The number of likely N-dealkylation sites (tertiary alicyclic amines) is 1. The molecule has 5 nitrogen and oxygen atoms in total. The van der Waals surface area contributed by atoms with Crippen LogP contribution in [0.2, 0.25) is 0 Å². The molecule has 5 heteroatoms. The SMILES string of the molecule is CC(=O)N1c2ccccc2[C@@]23CC(=O)N(Cc4ccccc4)C2=CCC(=O)[C@H]13. The second kappa shape index (κ2) is 5.89. The predicted molar refractivity (Wildman–Crippen MR) is 104 cm³/mol. The zero-order chi connectivity index (χ0) is 19.5. The number of carbonyl (C=O) groups is 3. The van der Waals surface area contributed by atoms with Gasteiger partial charge in [0.15, 0.2) is 5.78 Å². The summed E-state index contributed by atoms with van der Waals surface area (Å²) in [5, 5.41) is 0. The van der Waals surface area contributed by atoms with Crippen molar-refractivity contribution in [3.05, 3.63) is 77.5 Å². The van der Waals surface area contributed by atoms with Crippen molar-refractivity contribution in [2.75, 3.05) is 4.90 Å². The van der Waals surface area contributed by atoms with Crippen LogP contribution in [-0.4, -0.2) is 28.5 Å². The van der Waals surface area contributed by atoms with Crippen LogP contribution in [0.1, 0.15) is 30.9 Å². The Hall–Kier alpha value is -3.21. The molecule has 2 amide bonds. The number of para-hydroxylation sites is 1. The summed E-state index contributed by atoms with van der Waals surface area (Å²) in [6.07, 6.45) is 2.34. The Labute approximate surface area is 163 Å². The maximum Gasteiger partial charge on any atom is 0.228 e. The first kappa shape index (κ1) is 16.9. The Morgan fingerprint density at radius 2 is 1.79 bits per heavy atom. The molecular formula is C23H20N2O3. The zero-order valence-electron chi connectivity index (χ0n) is 15.6. The highest BCUT2D eigenvalue weighted by atomic mass is 16.2. The van der Waals surface area contributed by atoms with E-state index in [1.807, 2.05) is 60.7 Å². The van der Waals surface area contributed by atoms with Crippen molar-refractivity contribution in [1.82, 2.24) is 4.90 Å². The van der Waals surface area contributed by atoms with Gasteiger partial charge >= 0.3 is 0 Å². The fourth-order valence-corrected chi connectivity index (χ4v) is 5.15. The molecule has 1 aliphatic carbocycles. The van der Waals surface area contributed by atoms with Crippen molar-refractivity contribution in [2.45, 2.75) is 37.8 Å². The van der Waals surface area contributed by atoms with Crippen LogP contribution in [0.4, 0.5) is 5.69 Å². The summed E-state index contributed by atoms with van der Waals surface area (Å²) in [4.78, 5) is 42.1. The first-order valence-electron chi connectivity index (χ1n) is 9.51. The second-order valence-corrected chi connectivity index (χ2v) is 7.68. The lowest BCUT2D eigenvalue weighted by Crippen LogP contribution is -2.53. The van der Waals surface area contributed by atoms with Gasteiger partial charge in [-0.2, -0.15) is 0 Å². The smallest absolute Gasteiger partial charge is 0.228 e. The number of hydrogen-bond acceptors (Lipinski definition) is 3. The molecule has 1 spiro atoms. The summed E-state index contributed by atoms with van der Waals surface area (Å²) in [5.41, 5.74) is 2.77. The van der Waals surface area contributed by atoms with Gasteiger partial charge in [0.1, 0.15) is 6.04 Å². The normalized spacial score (nSPS) is 25.3. The van der Waals surface area contributed by atoms with E-state index < -0.39 is 11.5 Å². The first-order valence-corrected chi connectivity index (χ1v) is 9.51. The average molecular weight is 372 g/mol. The number of Topliss-reactive ketones (excluding diaryl/α,β-unsaturated/α-hetero) is 1. The number of benzene rings is 2. The molecule has 0 bridgehead atoms. The van der Waals surface area contributed by atoms with Gasteiger partial charge in [-0.3, -0.25) is 14.4 Å². The van der Waals surface area contributed by atoms with E-state index in [0.717, 1.165) is 22.5 Å². The van der Waals surface area contributed by atoms with E-state index in [0.29, 0.717) is 6.54 Å². The third kappa shape index (κ3) is 2.10. The average Bonchev–Trinajstić information content (AvgIpc) is 3.15. The molecule has 0 radical (unpaired) electrons. The Balaban J connectivity index is 1.68.